The van der Waals surface area contributed by atoms with E-state index in [9.17, 15) is 4.39 Å². The summed E-state index contributed by atoms with van der Waals surface area (Å²) in [5, 5.41) is 8.79. The van der Waals surface area contributed by atoms with Gasteiger partial charge in [0, 0.05) is 12.6 Å². The maximum atomic E-state index is 12.9. The molecule has 1 aromatic carbocycles. The molecule has 1 aliphatic heterocycles. The van der Waals surface area contributed by atoms with Crippen LogP contribution in [0, 0.1) is 5.82 Å². The molecule has 1 N–H and O–H groups in total. The van der Waals surface area contributed by atoms with Crippen molar-refractivity contribution in [3.05, 3.63) is 35.6 Å². The van der Waals surface area contributed by atoms with E-state index in [0.717, 1.165) is 32.4 Å². The largest absolute Gasteiger partial charge is 0.396 e. The second-order valence-corrected chi connectivity index (χ2v) is 4.68. The lowest BCUT2D eigenvalue weighted by molar-refractivity contribution is 0.230. The number of aliphatic hydroxyl groups is 1. The first kappa shape index (κ1) is 12.5. The predicted molar refractivity (Wildman–Crippen MR) is 66.3 cm³/mol. The maximum absolute atomic E-state index is 12.9. The van der Waals surface area contributed by atoms with Gasteiger partial charge in [-0.25, -0.2) is 4.39 Å². The summed E-state index contributed by atoms with van der Waals surface area (Å²) >= 11 is 0. The Kier molecular flexibility index (Phi) is 4.51. The van der Waals surface area contributed by atoms with E-state index >= 15 is 0 Å². The summed E-state index contributed by atoms with van der Waals surface area (Å²) in [6, 6.07) is 7.31. The van der Waals surface area contributed by atoms with Crippen LogP contribution in [-0.2, 0) is 0 Å². The average molecular weight is 237 g/mol. The van der Waals surface area contributed by atoms with Gasteiger partial charge >= 0.3 is 0 Å². The van der Waals surface area contributed by atoms with Crippen LogP contribution in [0.3, 0.4) is 0 Å². The number of likely N-dealkylation sites (tertiary alicyclic amines) is 1. The Balaban J connectivity index is 1.96. The van der Waals surface area contributed by atoms with E-state index in [-0.39, 0.29) is 12.4 Å². The van der Waals surface area contributed by atoms with Crippen LogP contribution >= 0.6 is 0 Å². The van der Waals surface area contributed by atoms with Crippen LogP contribution < -0.4 is 0 Å². The van der Waals surface area contributed by atoms with Gasteiger partial charge in [0.05, 0.1) is 0 Å². The molecule has 1 fully saturated rings. The van der Waals surface area contributed by atoms with Crippen molar-refractivity contribution in [3.63, 3.8) is 0 Å². The number of hydrogen-bond acceptors (Lipinski definition) is 2. The second kappa shape index (κ2) is 6.12. The van der Waals surface area contributed by atoms with Crippen molar-refractivity contribution in [2.75, 3.05) is 19.7 Å². The molecule has 2 nitrogen and oxygen atoms in total. The highest BCUT2D eigenvalue weighted by atomic mass is 19.1. The molecule has 3 heteroatoms. The molecule has 0 amide bonds. The van der Waals surface area contributed by atoms with Gasteiger partial charge in [0.25, 0.3) is 0 Å². The van der Waals surface area contributed by atoms with E-state index < -0.39 is 0 Å². The van der Waals surface area contributed by atoms with E-state index in [2.05, 4.69) is 4.90 Å². The molecular formula is C14H20FNO. The predicted octanol–water partition coefficient (Wildman–Crippen LogP) is 2.74. The van der Waals surface area contributed by atoms with Crippen LogP contribution in [0.5, 0.6) is 0 Å². The Morgan fingerprint density at radius 2 is 2.00 bits per heavy atom. The van der Waals surface area contributed by atoms with Gasteiger partial charge in [-0.15, -0.1) is 0 Å². The van der Waals surface area contributed by atoms with Gasteiger partial charge in [-0.1, -0.05) is 12.1 Å². The van der Waals surface area contributed by atoms with Crippen LogP contribution in [0.1, 0.15) is 37.3 Å². The summed E-state index contributed by atoms with van der Waals surface area (Å²) in [5.41, 5.74) is 1.22. The monoisotopic (exact) mass is 237 g/mol. The van der Waals surface area contributed by atoms with Gasteiger partial charge in [0.2, 0.25) is 0 Å². The van der Waals surface area contributed by atoms with Gasteiger partial charge < -0.3 is 5.11 Å². The minimum atomic E-state index is -0.168. The first-order valence-corrected chi connectivity index (χ1v) is 6.41. The molecule has 1 heterocycles. The van der Waals surface area contributed by atoms with Gasteiger partial charge in [0.1, 0.15) is 5.82 Å². The molecule has 0 bridgehead atoms. The summed E-state index contributed by atoms with van der Waals surface area (Å²) < 4.78 is 12.9. The molecule has 94 valence electrons. The summed E-state index contributed by atoms with van der Waals surface area (Å²) in [6.07, 6.45) is 4.27. The van der Waals surface area contributed by atoms with Crippen LogP contribution in [0.15, 0.2) is 24.3 Å². The first-order chi connectivity index (χ1) is 8.31. The lowest BCUT2D eigenvalue weighted by atomic mass is 10.0. The Morgan fingerprint density at radius 1 is 1.24 bits per heavy atom. The van der Waals surface area contributed by atoms with Crippen LogP contribution in [0.4, 0.5) is 4.39 Å². The molecule has 1 aromatic rings. The van der Waals surface area contributed by atoms with Crippen molar-refractivity contribution in [2.24, 2.45) is 0 Å². The number of nitrogens with zero attached hydrogens (tertiary/aromatic N) is 1. The summed E-state index contributed by atoms with van der Waals surface area (Å²) in [5.74, 6) is -0.168. The molecule has 0 saturated carbocycles. The van der Waals surface area contributed by atoms with Gasteiger partial charge in [-0.05, 0) is 56.5 Å². The van der Waals surface area contributed by atoms with E-state index in [1.807, 2.05) is 12.1 Å². The van der Waals surface area contributed by atoms with Crippen LogP contribution in [0.25, 0.3) is 0 Å². The average Bonchev–Trinajstić information content (AvgIpc) is 2.79. The van der Waals surface area contributed by atoms with Crippen molar-refractivity contribution >= 4 is 0 Å². The third-order valence-corrected chi connectivity index (χ3v) is 3.47. The molecule has 1 unspecified atom stereocenters. The zero-order valence-electron chi connectivity index (χ0n) is 10.1. The molecule has 0 radical (unpaired) electrons. The van der Waals surface area contributed by atoms with Gasteiger partial charge in [0.15, 0.2) is 0 Å². The van der Waals surface area contributed by atoms with E-state index in [4.69, 9.17) is 5.11 Å². The number of halogens is 1. The SMILES string of the molecule is OCCCCN1CCCC1c1ccc(F)cc1. The van der Waals surface area contributed by atoms with Crippen molar-refractivity contribution in [1.82, 2.24) is 4.90 Å². The normalized spacial score (nSPS) is 20.9. The van der Waals surface area contributed by atoms with Crippen molar-refractivity contribution in [2.45, 2.75) is 31.7 Å². The Hall–Kier alpha value is -0.930. The smallest absolute Gasteiger partial charge is 0.123 e. The highest BCUT2D eigenvalue weighted by molar-refractivity contribution is 5.20. The molecule has 17 heavy (non-hydrogen) atoms. The van der Waals surface area contributed by atoms with Crippen LogP contribution in [0.2, 0.25) is 0 Å². The Labute approximate surface area is 102 Å². The molecule has 1 aliphatic rings. The lowest BCUT2D eigenvalue weighted by Crippen LogP contribution is -2.24. The van der Waals surface area contributed by atoms with Crippen LogP contribution in [-0.4, -0.2) is 29.7 Å². The van der Waals surface area contributed by atoms with E-state index in [1.165, 1.54) is 12.0 Å². The van der Waals surface area contributed by atoms with Crippen molar-refractivity contribution in [3.8, 4) is 0 Å². The standard InChI is InChI=1S/C14H20FNO/c15-13-7-5-12(6-8-13)14-4-3-10-16(14)9-1-2-11-17/h5-8,14,17H,1-4,9-11H2. The van der Waals surface area contributed by atoms with Gasteiger partial charge in [-0.2, -0.15) is 0 Å². The molecule has 0 spiro atoms. The van der Waals surface area contributed by atoms with Gasteiger partial charge in [-0.3, -0.25) is 4.90 Å². The van der Waals surface area contributed by atoms with E-state index in [0.29, 0.717) is 6.04 Å². The zero-order chi connectivity index (χ0) is 12.1. The molecule has 0 aromatic heterocycles. The Bertz CT molecular complexity index is 339. The molecule has 0 aliphatic carbocycles. The first-order valence-electron chi connectivity index (χ1n) is 6.41. The lowest BCUT2D eigenvalue weighted by Gasteiger charge is -2.24. The minimum Gasteiger partial charge on any atom is -0.396 e. The third kappa shape index (κ3) is 3.27. The maximum Gasteiger partial charge on any atom is 0.123 e. The number of aliphatic hydroxyl groups excluding tert-OH is 1. The topological polar surface area (TPSA) is 23.5 Å². The second-order valence-electron chi connectivity index (χ2n) is 4.68. The fourth-order valence-electron chi connectivity index (χ4n) is 2.58. The molecular weight excluding hydrogens is 217 g/mol. The third-order valence-electron chi connectivity index (χ3n) is 3.47. The summed E-state index contributed by atoms with van der Waals surface area (Å²) in [7, 11) is 0. The van der Waals surface area contributed by atoms with Crippen molar-refractivity contribution < 1.29 is 9.50 Å². The Morgan fingerprint density at radius 3 is 2.71 bits per heavy atom. The minimum absolute atomic E-state index is 0.168. The fraction of sp³-hybridized carbons (Fsp3) is 0.571. The summed E-state index contributed by atoms with van der Waals surface area (Å²) in [4.78, 5) is 2.45. The number of rotatable bonds is 5. The number of benzene rings is 1. The number of hydrogen-bond donors (Lipinski definition) is 1. The highest BCUT2D eigenvalue weighted by Gasteiger charge is 2.25. The van der Waals surface area contributed by atoms with Crippen molar-refractivity contribution in [1.29, 1.82) is 0 Å². The quantitative estimate of drug-likeness (QED) is 0.796. The molecule has 1 saturated heterocycles. The fourth-order valence-corrected chi connectivity index (χ4v) is 2.58. The molecule has 1 atom stereocenters. The zero-order valence-corrected chi connectivity index (χ0v) is 10.1. The summed E-state index contributed by atoms with van der Waals surface area (Å²) in [6.45, 7) is 2.42. The number of unbranched alkanes of at least 4 members (excludes halogenated alkanes) is 1. The highest BCUT2D eigenvalue weighted by Crippen LogP contribution is 2.31. The van der Waals surface area contributed by atoms with E-state index in [1.54, 1.807) is 12.1 Å². The molecule has 2 rings (SSSR count).